The van der Waals surface area contributed by atoms with Crippen molar-refractivity contribution in [2.45, 2.75) is 12.5 Å². The Morgan fingerprint density at radius 1 is 1.59 bits per heavy atom. The molecule has 0 radical (unpaired) electrons. The van der Waals surface area contributed by atoms with Crippen molar-refractivity contribution in [3.8, 4) is 0 Å². The summed E-state index contributed by atoms with van der Waals surface area (Å²) in [5, 5.41) is 4.75. The number of carbonyl (C=O) groups excluding carboxylic acids is 1. The van der Waals surface area contributed by atoms with Crippen molar-refractivity contribution >= 4 is 23.2 Å². The Kier molecular flexibility index (Phi) is 5.98. The highest BCUT2D eigenvalue weighted by molar-refractivity contribution is 6.34. The van der Waals surface area contributed by atoms with Crippen molar-refractivity contribution in [2.75, 3.05) is 26.8 Å². The molecule has 0 saturated heterocycles. The van der Waals surface area contributed by atoms with Crippen molar-refractivity contribution in [1.82, 2.24) is 4.90 Å². The number of hydrogen-bond acceptors (Lipinski definition) is 4. The van der Waals surface area contributed by atoms with Crippen LogP contribution >= 0.6 is 11.6 Å². The number of nitrogens with zero attached hydrogens (tertiary/aromatic N) is 2. The number of halogens is 1. The quantitative estimate of drug-likeness (QED) is 0.725. The molecule has 0 saturated carbocycles. The summed E-state index contributed by atoms with van der Waals surface area (Å²) in [6, 6.07) is 7.50. The molecule has 1 aromatic carbocycles. The number of rotatable bonds is 7. The standard InChI is InChI=1S/C16H19ClN2O3/c1-3-8-19(16(20)11-21-2)10-12-9-15(18-22-12)13-6-4-5-7-14(13)17/h3-7,12H,1,8-11H2,2H3/t12-/m1/s1. The average Bonchev–Trinajstić information content (AvgIpc) is 2.96. The zero-order valence-electron chi connectivity index (χ0n) is 12.5. The second-order valence-electron chi connectivity index (χ2n) is 4.97. The molecule has 2 rings (SSSR count). The van der Waals surface area contributed by atoms with Gasteiger partial charge in [-0.3, -0.25) is 4.79 Å². The smallest absolute Gasteiger partial charge is 0.248 e. The molecule has 118 valence electrons. The number of amides is 1. The van der Waals surface area contributed by atoms with Gasteiger partial charge in [0.05, 0.1) is 12.3 Å². The monoisotopic (exact) mass is 322 g/mol. The van der Waals surface area contributed by atoms with Crippen molar-refractivity contribution in [3.05, 3.63) is 47.5 Å². The van der Waals surface area contributed by atoms with Crippen LogP contribution in [0.15, 0.2) is 42.1 Å². The molecule has 0 aliphatic carbocycles. The summed E-state index contributed by atoms with van der Waals surface area (Å²) in [4.78, 5) is 19.1. The fourth-order valence-electron chi connectivity index (χ4n) is 2.28. The molecule has 6 heteroatoms. The Morgan fingerprint density at radius 2 is 2.36 bits per heavy atom. The van der Waals surface area contributed by atoms with Gasteiger partial charge in [0.15, 0.2) is 6.10 Å². The molecular weight excluding hydrogens is 304 g/mol. The third-order valence-electron chi connectivity index (χ3n) is 3.31. The zero-order valence-corrected chi connectivity index (χ0v) is 13.3. The first-order valence-electron chi connectivity index (χ1n) is 7.01. The molecule has 0 spiro atoms. The summed E-state index contributed by atoms with van der Waals surface area (Å²) < 4.78 is 4.89. The first kappa shape index (κ1) is 16.5. The van der Waals surface area contributed by atoms with E-state index in [1.807, 2.05) is 24.3 Å². The normalized spacial score (nSPS) is 16.8. The van der Waals surface area contributed by atoms with Gasteiger partial charge in [0, 0.05) is 30.7 Å². The Labute approximate surface area is 135 Å². The molecule has 0 N–H and O–H groups in total. The van der Waals surface area contributed by atoms with Gasteiger partial charge in [-0.15, -0.1) is 6.58 Å². The second-order valence-corrected chi connectivity index (χ2v) is 5.38. The molecule has 1 aliphatic rings. The predicted octanol–water partition coefficient (Wildman–Crippen LogP) is 2.49. The van der Waals surface area contributed by atoms with E-state index in [9.17, 15) is 4.79 Å². The minimum atomic E-state index is -0.188. The van der Waals surface area contributed by atoms with E-state index in [0.29, 0.717) is 24.5 Å². The van der Waals surface area contributed by atoms with Crippen LogP contribution in [0.25, 0.3) is 0 Å². The van der Waals surface area contributed by atoms with Crippen molar-refractivity contribution in [2.24, 2.45) is 5.16 Å². The maximum Gasteiger partial charge on any atom is 0.248 e. The highest BCUT2D eigenvalue weighted by Gasteiger charge is 2.27. The molecule has 1 aliphatic heterocycles. The molecule has 5 nitrogen and oxygen atoms in total. The predicted molar refractivity (Wildman–Crippen MR) is 86.1 cm³/mol. The third-order valence-corrected chi connectivity index (χ3v) is 3.64. The molecule has 0 bridgehead atoms. The molecule has 0 fully saturated rings. The number of ether oxygens (including phenoxy) is 1. The zero-order chi connectivity index (χ0) is 15.9. The van der Waals surface area contributed by atoms with Crippen LogP contribution in [0, 0.1) is 0 Å². The van der Waals surface area contributed by atoms with Gasteiger partial charge < -0.3 is 14.5 Å². The van der Waals surface area contributed by atoms with Gasteiger partial charge in [-0.2, -0.15) is 0 Å². The van der Waals surface area contributed by atoms with Crippen molar-refractivity contribution in [1.29, 1.82) is 0 Å². The van der Waals surface area contributed by atoms with Crippen molar-refractivity contribution in [3.63, 3.8) is 0 Å². The minimum Gasteiger partial charge on any atom is -0.390 e. The van der Waals surface area contributed by atoms with Crippen LogP contribution in [0.3, 0.4) is 0 Å². The average molecular weight is 323 g/mol. The van der Waals surface area contributed by atoms with E-state index in [-0.39, 0.29) is 18.6 Å². The van der Waals surface area contributed by atoms with Crippen LogP contribution in [0.5, 0.6) is 0 Å². The molecule has 22 heavy (non-hydrogen) atoms. The van der Waals surface area contributed by atoms with E-state index in [1.54, 1.807) is 11.0 Å². The SMILES string of the molecule is C=CCN(C[C@H]1CC(c2ccccc2Cl)=NO1)C(=O)COC. The first-order chi connectivity index (χ1) is 10.7. The Hall–Kier alpha value is -1.85. The fraction of sp³-hybridized carbons (Fsp3) is 0.375. The highest BCUT2D eigenvalue weighted by Crippen LogP contribution is 2.23. The highest BCUT2D eigenvalue weighted by atomic mass is 35.5. The summed E-state index contributed by atoms with van der Waals surface area (Å²) in [5.74, 6) is -0.0998. The Balaban J connectivity index is 1.97. The van der Waals surface area contributed by atoms with E-state index in [1.165, 1.54) is 7.11 Å². The van der Waals surface area contributed by atoms with Gasteiger partial charge in [0.1, 0.15) is 6.61 Å². The van der Waals surface area contributed by atoms with Gasteiger partial charge in [-0.25, -0.2) is 0 Å². The van der Waals surface area contributed by atoms with E-state index in [4.69, 9.17) is 21.2 Å². The summed E-state index contributed by atoms with van der Waals surface area (Å²) in [7, 11) is 1.49. The van der Waals surface area contributed by atoms with Gasteiger partial charge in [-0.1, -0.05) is 41.0 Å². The van der Waals surface area contributed by atoms with Gasteiger partial charge in [0.2, 0.25) is 5.91 Å². The minimum absolute atomic E-state index is 0.0405. The van der Waals surface area contributed by atoms with Crippen molar-refractivity contribution < 1.29 is 14.4 Å². The van der Waals surface area contributed by atoms with Crippen LogP contribution in [-0.2, 0) is 14.4 Å². The molecule has 1 heterocycles. The maximum atomic E-state index is 12.0. The largest absolute Gasteiger partial charge is 0.390 e. The molecule has 1 atom stereocenters. The molecule has 0 aromatic heterocycles. The van der Waals surface area contributed by atoms with Crippen LogP contribution in [0.1, 0.15) is 12.0 Å². The number of oxime groups is 1. The number of hydrogen-bond donors (Lipinski definition) is 0. The van der Waals surface area contributed by atoms with Crippen LogP contribution in [-0.4, -0.2) is 49.4 Å². The Bertz CT molecular complexity index is 574. The third kappa shape index (κ3) is 4.08. The summed E-state index contributed by atoms with van der Waals surface area (Å²) >= 11 is 6.17. The van der Waals surface area contributed by atoms with E-state index in [2.05, 4.69) is 11.7 Å². The Morgan fingerprint density at radius 3 is 3.05 bits per heavy atom. The summed E-state index contributed by atoms with van der Waals surface area (Å²) in [6.07, 6.45) is 2.10. The molecule has 1 aromatic rings. The number of methoxy groups -OCH3 is 1. The molecule has 1 amide bonds. The van der Waals surface area contributed by atoms with Gasteiger partial charge in [-0.05, 0) is 6.07 Å². The van der Waals surface area contributed by atoms with E-state index in [0.717, 1.165) is 11.3 Å². The topological polar surface area (TPSA) is 51.1 Å². The summed E-state index contributed by atoms with van der Waals surface area (Å²) in [6.45, 7) is 4.59. The van der Waals surface area contributed by atoms with Crippen LogP contribution in [0.4, 0.5) is 0 Å². The van der Waals surface area contributed by atoms with Gasteiger partial charge >= 0.3 is 0 Å². The van der Waals surface area contributed by atoms with Crippen LogP contribution in [0.2, 0.25) is 5.02 Å². The lowest BCUT2D eigenvalue weighted by Gasteiger charge is -2.23. The lowest BCUT2D eigenvalue weighted by Crippen LogP contribution is -2.39. The summed E-state index contributed by atoms with van der Waals surface area (Å²) in [5.41, 5.74) is 1.67. The second kappa shape index (κ2) is 7.96. The van der Waals surface area contributed by atoms with E-state index >= 15 is 0 Å². The fourth-order valence-corrected chi connectivity index (χ4v) is 2.52. The first-order valence-corrected chi connectivity index (χ1v) is 7.38. The lowest BCUT2D eigenvalue weighted by molar-refractivity contribution is -0.136. The van der Waals surface area contributed by atoms with Gasteiger partial charge in [0.25, 0.3) is 0 Å². The molecular formula is C16H19ClN2O3. The number of benzene rings is 1. The molecule has 0 unspecified atom stereocenters. The maximum absolute atomic E-state index is 12.0. The lowest BCUT2D eigenvalue weighted by atomic mass is 10.0. The van der Waals surface area contributed by atoms with E-state index < -0.39 is 0 Å². The van der Waals surface area contributed by atoms with Crippen LogP contribution < -0.4 is 0 Å². The number of carbonyl (C=O) groups is 1.